The van der Waals surface area contributed by atoms with Crippen LogP contribution in [0.5, 0.6) is 0 Å². The highest BCUT2D eigenvalue weighted by Gasteiger charge is 2.24. The van der Waals surface area contributed by atoms with Crippen LogP contribution in [-0.2, 0) is 19.3 Å². The number of hydrogen-bond acceptors (Lipinski definition) is 5. The molecule has 0 N–H and O–H groups in total. The molecule has 0 aromatic heterocycles. The van der Waals surface area contributed by atoms with Gasteiger partial charge in [0.2, 0.25) is 0 Å². The highest BCUT2D eigenvalue weighted by Crippen LogP contribution is 2.42. The van der Waals surface area contributed by atoms with Gasteiger partial charge in [-0.25, -0.2) is 17.8 Å². The highest BCUT2D eigenvalue weighted by atomic mass is 32.2. The summed E-state index contributed by atoms with van der Waals surface area (Å²) in [6, 6.07) is 11.4. The molecule has 0 saturated heterocycles. The number of nitrogens with zero attached hydrogens (tertiary/aromatic N) is 1. The topological polar surface area (TPSA) is 65.0 Å². The summed E-state index contributed by atoms with van der Waals surface area (Å²) >= 11 is 0. The van der Waals surface area contributed by atoms with Crippen molar-refractivity contribution >= 4 is 33.1 Å². The zero-order chi connectivity index (χ0) is 22.6. The van der Waals surface area contributed by atoms with E-state index < -0.39 is 9.84 Å². The summed E-state index contributed by atoms with van der Waals surface area (Å²) in [5.41, 5.74) is 5.36. The van der Waals surface area contributed by atoms with Crippen molar-refractivity contribution < 1.29 is 22.3 Å². The van der Waals surface area contributed by atoms with Gasteiger partial charge in [-0.05, 0) is 84.5 Å². The van der Waals surface area contributed by atoms with Crippen LogP contribution >= 0.6 is 0 Å². The molecular formula is C24H26FNO4S. The van der Waals surface area contributed by atoms with E-state index in [0.29, 0.717) is 19.8 Å². The van der Waals surface area contributed by atoms with Gasteiger partial charge in [-0.2, -0.15) is 0 Å². The average Bonchev–Trinajstić information content (AvgIpc) is 2.97. The Morgan fingerprint density at radius 1 is 1.03 bits per heavy atom. The molecule has 0 bridgehead atoms. The van der Waals surface area contributed by atoms with Gasteiger partial charge in [0, 0.05) is 6.26 Å². The maximum atomic E-state index is 14.0. The molecule has 5 nitrogen and oxygen atoms in total. The van der Waals surface area contributed by atoms with Crippen LogP contribution in [0.4, 0.5) is 4.39 Å². The van der Waals surface area contributed by atoms with Crippen LogP contribution in [0.3, 0.4) is 0 Å². The first-order chi connectivity index (χ1) is 14.7. The predicted molar refractivity (Wildman–Crippen MR) is 122 cm³/mol. The second-order valence-corrected chi connectivity index (χ2v) is 9.16. The van der Waals surface area contributed by atoms with E-state index in [-0.39, 0.29) is 16.8 Å². The Kier molecular flexibility index (Phi) is 6.95. The third-order valence-electron chi connectivity index (χ3n) is 4.97. The van der Waals surface area contributed by atoms with Gasteiger partial charge >= 0.3 is 6.08 Å². The molecule has 0 spiro atoms. The minimum atomic E-state index is -3.26. The lowest BCUT2D eigenvalue weighted by Gasteiger charge is -2.08. The third kappa shape index (κ3) is 5.22. The molecule has 2 aromatic carbocycles. The van der Waals surface area contributed by atoms with Gasteiger partial charge in [-0.1, -0.05) is 18.2 Å². The lowest BCUT2D eigenvalue weighted by atomic mass is 10.0. The number of benzene rings is 2. The lowest BCUT2D eigenvalue weighted by molar-refractivity contribution is 0.180. The Labute approximate surface area is 182 Å². The number of rotatable bonds is 6. The summed E-state index contributed by atoms with van der Waals surface area (Å²) in [7, 11) is -3.26. The summed E-state index contributed by atoms with van der Waals surface area (Å²) in [4.78, 5) is 4.71. The van der Waals surface area contributed by atoms with Gasteiger partial charge in [0.1, 0.15) is 5.82 Å². The minimum absolute atomic E-state index is 0.219. The van der Waals surface area contributed by atoms with Crippen LogP contribution < -0.4 is 0 Å². The SMILES string of the molecule is CCOC(=NCC1=C(C)/C(=C/c2ccc(S(C)(=O)=O)cc2)c2ccc(F)cc21)OCC. The minimum Gasteiger partial charge on any atom is -0.451 e. The molecule has 1 aliphatic rings. The number of ether oxygens (including phenoxy) is 2. The van der Waals surface area contributed by atoms with Crippen molar-refractivity contribution in [3.8, 4) is 0 Å². The van der Waals surface area contributed by atoms with Gasteiger partial charge in [-0.3, -0.25) is 0 Å². The zero-order valence-corrected chi connectivity index (χ0v) is 18.9. The Bertz CT molecular complexity index is 1150. The summed E-state index contributed by atoms with van der Waals surface area (Å²) in [5.74, 6) is -0.318. The first kappa shape index (κ1) is 22.7. The van der Waals surface area contributed by atoms with E-state index >= 15 is 0 Å². The van der Waals surface area contributed by atoms with E-state index in [0.717, 1.165) is 33.4 Å². The Morgan fingerprint density at radius 2 is 1.68 bits per heavy atom. The molecule has 0 aliphatic heterocycles. The third-order valence-corrected chi connectivity index (χ3v) is 6.10. The molecule has 0 heterocycles. The summed E-state index contributed by atoms with van der Waals surface area (Å²) in [6.07, 6.45) is 3.37. The molecule has 164 valence electrons. The van der Waals surface area contributed by atoms with Crippen LogP contribution in [0.1, 0.15) is 37.5 Å². The predicted octanol–water partition coefficient (Wildman–Crippen LogP) is 4.99. The van der Waals surface area contributed by atoms with Crippen LogP contribution in [0.25, 0.3) is 17.2 Å². The smallest absolute Gasteiger partial charge is 0.383 e. The first-order valence-electron chi connectivity index (χ1n) is 10.1. The van der Waals surface area contributed by atoms with E-state index in [1.807, 2.05) is 26.8 Å². The molecule has 2 aromatic rings. The van der Waals surface area contributed by atoms with Gasteiger partial charge in [0.15, 0.2) is 9.84 Å². The van der Waals surface area contributed by atoms with Gasteiger partial charge in [0.05, 0.1) is 24.7 Å². The molecular weight excluding hydrogens is 417 g/mol. The van der Waals surface area contributed by atoms with Crippen LogP contribution in [-0.4, -0.2) is 40.5 Å². The molecule has 0 fully saturated rings. The van der Waals surface area contributed by atoms with E-state index in [1.54, 1.807) is 30.3 Å². The van der Waals surface area contributed by atoms with Crippen molar-refractivity contribution in [1.29, 1.82) is 0 Å². The van der Waals surface area contributed by atoms with Crippen molar-refractivity contribution in [2.24, 2.45) is 4.99 Å². The first-order valence-corrected chi connectivity index (χ1v) is 12.0. The molecule has 0 atom stereocenters. The quantitative estimate of drug-likeness (QED) is 0.466. The fraction of sp³-hybridized carbons (Fsp3) is 0.292. The van der Waals surface area contributed by atoms with Crippen molar-refractivity contribution in [2.75, 3.05) is 26.0 Å². The maximum Gasteiger partial charge on any atom is 0.383 e. The number of aliphatic imine (C=N–C) groups is 1. The Morgan fingerprint density at radius 3 is 2.26 bits per heavy atom. The van der Waals surface area contributed by atoms with Crippen molar-refractivity contribution in [2.45, 2.75) is 25.7 Å². The monoisotopic (exact) mass is 443 g/mol. The van der Waals surface area contributed by atoms with E-state index in [9.17, 15) is 12.8 Å². The van der Waals surface area contributed by atoms with E-state index in [2.05, 4.69) is 4.99 Å². The zero-order valence-electron chi connectivity index (χ0n) is 18.1. The molecule has 0 radical (unpaired) electrons. The Balaban J connectivity index is 2.03. The second kappa shape index (κ2) is 9.47. The number of sulfone groups is 1. The number of fused-ring (bicyclic) bond motifs is 1. The largest absolute Gasteiger partial charge is 0.451 e. The van der Waals surface area contributed by atoms with E-state index in [4.69, 9.17) is 9.47 Å². The molecule has 0 unspecified atom stereocenters. The molecule has 7 heteroatoms. The van der Waals surface area contributed by atoms with Crippen molar-refractivity contribution in [3.05, 3.63) is 70.5 Å². The van der Waals surface area contributed by atoms with Crippen molar-refractivity contribution in [3.63, 3.8) is 0 Å². The van der Waals surface area contributed by atoms with Gasteiger partial charge in [0.25, 0.3) is 0 Å². The van der Waals surface area contributed by atoms with Crippen LogP contribution in [0.2, 0.25) is 0 Å². The molecule has 31 heavy (non-hydrogen) atoms. The van der Waals surface area contributed by atoms with Gasteiger partial charge in [-0.15, -0.1) is 0 Å². The number of allylic oxidation sites excluding steroid dienone is 2. The lowest BCUT2D eigenvalue weighted by Crippen LogP contribution is -2.10. The van der Waals surface area contributed by atoms with Gasteiger partial charge < -0.3 is 9.47 Å². The fourth-order valence-corrected chi connectivity index (χ4v) is 4.09. The Hall–Kier alpha value is -2.93. The molecule has 0 amide bonds. The number of halogens is 1. The summed E-state index contributed by atoms with van der Waals surface area (Å²) in [5, 5.41) is 0. The van der Waals surface area contributed by atoms with Crippen LogP contribution in [0, 0.1) is 5.82 Å². The van der Waals surface area contributed by atoms with Crippen LogP contribution in [0.15, 0.2) is 57.9 Å². The molecule has 3 rings (SSSR count). The highest BCUT2D eigenvalue weighted by molar-refractivity contribution is 7.90. The maximum absolute atomic E-state index is 14.0. The average molecular weight is 444 g/mol. The normalized spacial score (nSPS) is 14.5. The fourth-order valence-electron chi connectivity index (χ4n) is 3.46. The van der Waals surface area contributed by atoms with Crippen molar-refractivity contribution in [1.82, 2.24) is 0 Å². The second-order valence-electron chi connectivity index (χ2n) is 7.14. The summed E-state index contributed by atoms with van der Waals surface area (Å²) in [6.45, 7) is 6.86. The number of hydrogen-bond donors (Lipinski definition) is 0. The molecule has 0 saturated carbocycles. The summed E-state index contributed by atoms with van der Waals surface area (Å²) < 4.78 is 48.3. The molecule has 1 aliphatic carbocycles. The van der Waals surface area contributed by atoms with E-state index in [1.165, 1.54) is 18.4 Å². The standard InChI is InChI=1S/C24H26FNO4S/c1-5-29-24(30-6-2)26-15-23-16(3)21(20-12-9-18(25)14-22(20)23)13-17-7-10-19(11-8-17)31(4,27)28/h7-14H,5-6,15H2,1-4H3/b21-13-.